The second-order valence-electron chi connectivity index (χ2n) is 4.53. The number of aryl methyl sites for hydroxylation is 2. The fraction of sp³-hybridized carbons (Fsp3) is 0.214. The van der Waals surface area contributed by atoms with E-state index in [2.05, 4.69) is 10.0 Å². The average molecular weight is 308 g/mol. The van der Waals surface area contributed by atoms with Crippen molar-refractivity contribution in [3.63, 3.8) is 0 Å². The monoisotopic (exact) mass is 308 g/mol. The van der Waals surface area contributed by atoms with Crippen LogP contribution in [-0.4, -0.2) is 21.4 Å². The minimum Gasteiger partial charge on any atom is -0.469 e. The Labute approximate surface area is 123 Å². The molecule has 2 aromatic rings. The summed E-state index contributed by atoms with van der Waals surface area (Å²) in [6, 6.07) is 6.28. The van der Waals surface area contributed by atoms with Gasteiger partial charge in [0.15, 0.2) is 0 Å². The Kier molecular flexibility index (Phi) is 4.15. The summed E-state index contributed by atoms with van der Waals surface area (Å²) in [5.74, 6) is 0.153. The maximum Gasteiger partial charge on any atom is 0.259 e. The molecule has 0 atom stereocenters. The molecule has 0 saturated carbocycles. The minimum absolute atomic E-state index is 0.131. The second-order valence-corrected chi connectivity index (χ2v) is 6.39. The highest BCUT2D eigenvalue weighted by molar-refractivity contribution is 7.89. The third-order valence-electron chi connectivity index (χ3n) is 3.11. The maximum absolute atomic E-state index is 12.1. The van der Waals surface area contributed by atoms with Crippen molar-refractivity contribution in [1.29, 1.82) is 0 Å². The fourth-order valence-corrected chi connectivity index (χ4v) is 2.89. The van der Waals surface area contributed by atoms with Crippen LogP contribution in [0.3, 0.4) is 0 Å². The second kappa shape index (κ2) is 5.71. The number of furan rings is 1. The van der Waals surface area contributed by atoms with Gasteiger partial charge in [-0.2, -0.15) is 0 Å². The SMILES string of the molecule is CNS(=O)(=O)c1cc(NC(=O)c2ccoc2C)ccc1C. The molecule has 1 heterocycles. The summed E-state index contributed by atoms with van der Waals surface area (Å²) in [4.78, 5) is 12.2. The molecule has 0 saturated heterocycles. The first-order valence-electron chi connectivity index (χ1n) is 6.25. The molecule has 1 aromatic carbocycles. The molecule has 0 bridgehead atoms. The standard InChI is InChI=1S/C14H16N2O4S/c1-9-4-5-11(8-13(9)21(18,19)15-3)16-14(17)12-6-7-20-10(12)2/h4-8,15H,1-3H3,(H,16,17). The summed E-state index contributed by atoms with van der Waals surface area (Å²) < 4.78 is 31.1. The lowest BCUT2D eigenvalue weighted by atomic mass is 10.2. The quantitative estimate of drug-likeness (QED) is 0.905. The molecule has 1 amide bonds. The number of benzene rings is 1. The van der Waals surface area contributed by atoms with Gasteiger partial charge in [-0.1, -0.05) is 6.07 Å². The normalized spacial score (nSPS) is 11.4. The van der Waals surface area contributed by atoms with Gasteiger partial charge in [-0.15, -0.1) is 0 Å². The van der Waals surface area contributed by atoms with E-state index in [-0.39, 0.29) is 10.8 Å². The van der Waals surface area contributed by atoms with Crippen molar-refractivity contribution in [2.75, 3.05) is 12.4 Å². The zero-order chi connectivity index (χ0) is 15.6. The first kappa shape index (κ1) is 15.3. The van der Waals surface area contributed by atoms with Gasteiger partial charge in [-0.05, 0) is 44.7 Å². The van der Waals surface area contributed by atoms with Crippen molar-refractivity contribution < 1.29 is 17.6 Å². The molecule has 0 aliphatic carbocycles. The molecular weight excluding hydrogens is 292 g/mol. The van der Waals surface area contributed by atoms with Gasteiger partial charge in [-0.25, -0.2) is 13.1 Å². The number of carbonyl (C=O) groups excluding carboxylic acids is 1. The smallest absolute Gasteiger partial charge is 0.259 e. The molecule has 112 valence electrons. The van der Waals surface area contributed by atoms with Gasteiger partial charge in [0.1, 0.15) is 5.76 Å². The van der Waals surface area contributed by atoms with Crippen molar-refractivity contribution in [2.45, 2.75) is 18.7 Å². The van der Waals surface area contributed by atoms with E-state index in [1.165, 1.54) is 19.4 Å². The molecule has 0 radical (unpaired) electrons. The van der Waals surface area contributed by atoms with E-state index < -0.39 is 10.0 Å². The number of rotatable bonds is 4. The molecule has 0 aliphatic rings. The molecule has 2 rings (SSSR count). The Morgan fingerprint density at radius 3 is 2.48 bits per heavy atom. The summed E-state index contributed by atoms with van der Waals surface area (Å²) in [6.07, 6.45) is 1.43. The molecular formula is C14H16N2O4S. The molecule has 21 heavy (non-hydrogen) atoms. The van der Waals surface area contributed by atoms with Crippen LogP contribution < -0.4 is 10.0 Å². The molecule has 1 aromatic heterocycles. The zero-order valence-electron chi connectivity index (χ0n) is 11.9. The number of nitrogens with one attached hydrogen (secondary N) is 2. The van der Waals surface area contributed by atoms with Gasteiger partial charge in [0, 0.05) is 5.69 Å². The van der Waals surface area contributed by atoms with E-state index in [0.717, 1.165) is 0 Å². The highest BCUT2D eigenvalue weighted by Gasteiger charge is 2.17. The summed E-state index contributed by atoms with van der Waals surface area (Å²) in [5.41, 5.74) is 1.41. The molecule has 0 aliphatic heterocycles. The lowest BCUT2D eigenvalue weighted by Crippen LogP contribution is -2.20. The molecule has 7 heteroatoms. The van der Waals surface area contributed by atoms with E-state index in [1.807, 2.05) is 0 Å². The third-order valence-corrected chi connectivity index (χ3v) is 4.66. The summed E-state index contributed by atoms with van der Waals surface area (Å²) in [5, 5.41) is 2.66. The number of hydrogen-bond acceptors (Lipinski definition) is 4. The van der Waals surface area contributed by atoms with Crippen molar-refractivity contribution in [1.82, 2.24) is 4.72 Å². The van der Waals surface area contributed by atoms with E-state index >= 15 is 0 Å². The van der Waals surface area contributed by atoms with Crippen LogP contribution in [0.15, 0.2) is 39.8 Å². The topological polar surface area (TPSA) is 88.4 Å². The Hall–Kier alpha value is -2.12. The zero-order valence-corrected chi connectivity index (χ0v) is 12.7. The minimum atomic E-state index is -3.57. The van der Waals surface area contributed by atoms with Crippen LogP contribution in [0.1, 0.15) is 21.7 Å². The van der Waals surface area contributed by atoms with E-state index in [0.29, 0.717) is 22.6 Å². The Bertz CT molecular complexity index is 778. The number of hydrogen-bond donors (Lipinski definition) is 2. The van der Waals surface area contributed by atoms with Crippen LogP contribution in [-0.2, 0) is 10.0 Å². The van der Waals surface area contributed by atoms with Gasteiger partial charge in [0.25, 0.3) is 5.91 Å². The van der Waals surface area contributed by atoms with Gasteiger partial charge < -0.3 is 9.73 Å². The van der Waals surface area contributed by atoms with E-state index in [9.17, 15) is 13.2 Å². The van der Waals surface area contributed by atoms with Crippen molar-refractivity contribution in [3.05, 3.63) is 47.4 Å². The Morgan fingerprint density at radius 1 is 1.19 bits per heavy atom. The van der Waals surface area contributed by atoms with Crippen LogP contribution >= 0.6 is 0 Å². The molecule has 0 unspecified atom stereocenters. The number of carbonyl (C=O) groups is 1. The maximum atomic E-state index is 12.1. The van der Waals surface area contributed by atoms with E-state index in [4.69, 9.17) is 4.42 Å². The highest BCUT2D eigenvalue weighted by atomic mass is 32.2. The van der Waals surface area contributed by atoms with Crippen LogP contribution in [0.4, 0.5) is 5.69 Å². The van der Waals surface area contributed by atoms with Crippen molar-refractivity contribution >= 4 is 21.6 Å². The Balaban J connectivity index is 2.33. The van der Waals surface area contributed by atoms with Crippen molar-refractivity contribution in [2.24, 2.45) is 0 Å². The first-order chi connectivity index (χ1) is 9.85. The van der Waals surface area contributed by atoms with Crippen LogP contribution in [0.25, 0.3) is 0 Å². The molecule has 2 N–H and O–H groups in total. The Morgan fingerprint density at radius 2 is 1.90 bits per heavy atom. The fourth-order valence-electron chi connectivity index (χ4n) is 1.90. The lowest BCUT2D eigenvalue weighted by Gasteiger charge is -2.10. The number of amides is 1. The largest absolute Gasteiger partial charge is 0.469 e. The molecule has 0 fully saturated rings. The first-order valence-corrected chi connectivity index (χ1v) is 7.73. The van der Waals surface area contributed by atoms with Gasteiger partial charge in [0.2, 0.25) is 10.0 Å². The summed E-state index contributed by atoms with van der Waals surface area (Å²) in [6.45, 7) is 3.37. The lowest BCUT2D eigenvalue weighted by molar-refractivity contribution is 0.102. The number of anilines is 1. The predicted molar refractivity (Wildman–Crippen MR) is 78.8 cm³/mol. The van der Waals surface area contributed by atoms with Crippen LogP contribution in [0.2, 0.25) is 0 Å². The van der Waals surface area contributed by atoms with Crippen LogP contribution in [0.5, 0.6) is 0 Å². The van der Waals surface area contributed by atoms with Gasteiger partial charge in [0.05, 0.1) is 16.7 Å². The molecule has 6 nitrogen and oxygen atoms in total. The number of sulfonamides is 1. The third kappa shape index (κ3) is 3.14. The highest BCUT2D eigenvalue weighted by Crippen LogP contribution is 2.21. The predicted octanol–water partition coefficient (Wildman–Crippen LogP) is 2.06. The van der Waals surface area contributed by atoms with E-state index in [1.54, 1.807) is 32.0 Å². The average Bonchev–Trinajstić information content (AvgIpc) is 2.87. The summed E-state index contributed by atoms with van der Waals surface area (Å²) >= 11 is 0. The van der Waals surface area contributed by atoms with Crippen LogP contribution in [0, 0.1) is 13.8 Å². The molecule has 0 spiro atoms. The van der Waals surface area contributed by atoms with Crippen molar-refractivity contribution in [3.8, 4) is 0 Å². The summed E-state index contributed by atoms with van der Waals surface area (Å²) in [7, 11) is -2.23. The van der Waals surface area contributed by atoms with Gasteiger partial charge in [-0.3, -0.25) is 4.79 Å². The van der Waals surface area contributed by atoms with Gasteiger partial charge >= 0.3 is 0 Å².